The van der Waals surface area contributed by atoms with Gasteiger partial charge in [-0.15, -0.1) is 0 Å². The maximum atomic E-state index is 12.7. The van der Waals surface area contributed by atoms with Crippen molar-refractivity contribution in [3.63, 3.8) is 0 Å². The normalized spacial score (nSPS) is 11.6. The molecule has 0 aliphatic rings. The molecule has 0 fully saturated rings. The van der Waals surface area contributed by atoms with Crippen LogP contribution in [0.3, 0.4) is 0 Å². The number of hydrogen-bond donors (Lipinski definition) is 1. The van der Waals surface area contributed by atoms with Crippen LogP contribution in [0.1, 0.15) is 16.8 Å². The summed E-state index contributed by atoms with van der Waals surface area (Å²) in [4.78, 5) is 12.5. The van der Waals surface area contributed by atoms with Crippen molar-refractivity contribution in [2.45, 2.75) is 25.7 Å². The second-order valence-corrected chi connectivity index (χ2v) is 8.93. The van der Waals surface area contributed by atoms with E-state index in [4.69, 9.17) is 0 Å². The van der Waals surface area contributed by atoms with E-state index < -0.39 is 10.0 Å². The first-order valence-corrected chi connectivity index (χ1v) is 10.5. The van der Waals surface area contributed by atoms with Crippen LogP contribution in [0, 0.1) is 20.8 Å². The van der Waals surface area contributed by atoms with Gasteiger partial charge in [-0.05, 0) is 72.6 Å². The van der Waals surface area contributed by atoms with Crippen molar-refractivity contribution >= 4 is 31.6 Å². The molecule has 3 rings (SSSR count). The van der Waals surface area contributed by atoms with E-state index >= 15 is 0 Å². The lowest BCUT2D eigenvalue weighted by Gasteiger charge is -2.12. The van der Waals surface area contributed by atoms with Crippen LogP contribution in [-0.2, 0) is 17.1 Å². The summed E-state index contributed by atoms with van der Waals surface area (Å²) in [5.41, 5.74) is 3.64. The number of hydrogen-bond acceptors (Lipinski definition) is 3. The number of aryl methyl sites for hydroxylation is 2. The number of rotatable bonds is 4. The van der Waals surface area contributed by atoms with Crippen molar-refractivity contribution in [2.75, 3.05) is 4.72 Å². The van der Waals surface area contributed by atoms with E-state index in [9.17, 15) is 13.2 Å². The number of benzene rings is 2. The Hall–Kier alpha value is -2.32. The number of aromatic nitrogens is 2. The van der Waals surface area contributed by atoms with Crippen LogP contribution in [0.4, 0.5) is 5.69 Å². The lowest BCUT2D eigenvalue weighted by atomic mass is 10.1. The summed E-state index contributed by atoms with van der Waals surface area (Å²) in [6.07, 6.45) is 0. The molecule has 27 heavy (non-hydrogen) atoms. The highest BCUT2D eigenvalue weighted by molar-refractivity contribution is 9.10. The summed E-state index contributed by atoms with van der Waals surface area (Å²) in [5.74, 6) is 0. The molecule has 0 aliphatic heterocycles. The first-order chi connectivity index (χ1) is 12.6. The summed E-state index contributed by atoms with van der Waals surface area (Å²) >= 11 is 3.28. The van der Waals surface area contributed by atoms with Gasteiger partial charge in [-0.3, -0.25) is 14.2 Å². The van der Waals surface area contributed by atoms with E-state index in [1.807, 2.05) is 32.9 Å². The molecule has 0 atom stereocenters. The number of halogens is 1. The molecule has 0 saturated heterocycles. The zero-order valence-electron chi connectivity index (χ0n) is 15.4. The van der Waals surface area contributed by atoms with Crippen molar-refractivity contribution in [3.05, 3.63) is 74.1 Å². The Morgan fingerprint density at radius 3 is 2.15 bits per heavy atom. The van der Waals surface area contributed by atoms with Crippen LogP contribution in [-0.4, -0.2) is 17.8 Å². The third kappa shape index (κ3) is 3.59. The van der Waals surface area contributed by atoms with Gasteiger partial charge in [-0.25, -0.2) is 13.1 Å². The fourth-order valence-electron chi connectivity index (χ4n) is 2.86. The van der Waals surface area contributed by atoms with Crippen LogP contribution in [0.15, 0.2) is 56.6 Å². The average molecular weight is 450 g/mol. The Kier molecular flexibility index (Phi) is 5.05. The van der Waals surface area contributed by atoms with Gasteiger partial charge < -0.3 is 0 Å². The molecule has 142 valence electrons. The maximum Gasteiger partial charge on any atom is 0.285 e. The summed E-state index contributed by atoms with van der Waals surface area (Å²) in [6.45, 7) is 5.64. The van der Waals surface area contributed by atoms with Crippen LogP contribution >= 0.6 is 15.9 Å². The van der Waals surface area contributed by atoms with E-state index in [1.165, 1.54) is 16.8 Å². The Bertz CT molecular complexity index is 1180. The quantitative estimate of drug-likeness (QED) is 0.660. The molecule has 0 amide bonds. The highest BCUT2D eigenvalue weighted by Crippen LogP contribution is 2.22. The molecule has 0 radical (unpaired) electrons. The van der Waals surface area contributed by atoms with Gasteiger partial charge in [0.1, 0.15) is 4.47 Å². The smallest absolute Gasteiger partial charge is 0.284 e. The predicted octanol–water partition coefficient (Wildman–Crippen LogP) is 3.66. The van der Waals surface area contributed by atoms with Gasteiger partial charge in [0.15, 0.2) is 0 Å². The molecule has 0 unspecified atom stereocenters. The SMILES string of the molecule is Cc1ccc(NS(=O)(=O)c2ccc(-n3c(=O)c(Br)c(C)n3C)cc2)c(C)c1. The highest BCUT2D eigenvalue weighted by atomic mass is 79.9. The monoisotopic (exact) mass is 449 g/mol. The van der Waals surface area contributed by atoms with Gasteiger partial charge >= 0.3 is 0 Å². The number of sulfonamides is 1. The minimum absolute atomic E-state index is 0.129. The molecule has 1 aromatic heterocycles. The molecule has 8 heteroatoms. The van der Waals surface area contributed by atoms with Gasteiger partial charge in [0.25, 0.3) is 15.6 Å². The van der Waals surface area contributed by atoms with Gasteiger partial charge in [0.2, 0.25) is 0 Å². The van der Waals surface area contributed by atoms with Crippen LogP contribution in [0.2, 0.25) is 0 Å². The van der Waals surface area contributed by atoms with Crippen LogP contribution in [0.25, 0.3) is 5.69 Å². The summed E-state index contributed by atoms with van der Waals surface area (Å²) in [5, 5.41) is 0. The summed E-state index contributed by atoms with van der Waals surface area (Å²) < 4.78 is 31.7. The number of nitrogens with zero attached hydrogens (tertiary/aromatic N) is 2. The molecule has 6 nitrogen and oxygen atoms in total. The molecule has 0 aliphatic carbocycles. The van der Waals surface area contributed by atoms with E-state index in [-0.39, 0.29) is 10.5 Å². The predicted molar refractivity (Wildman–Crippen MR) is 110 cm³/mol. The summed E-state index contributed by atoms with van der Waals surface area (Å²) in [7, 11) is -1.95. The number of nitrogens with one attached hydrogen (secondary N) is 1. The van der Waals surface area contributed by atoms with Crippen LogP contribution in [0.5, 0.6) is 0 Å². The lowest BCUT2D eigenvalue weighted by molar-refractivity contribution is 0.601. The molecule has 0 bridgehead atoms. The van der Waals surface area contributed by atoms with Gasteiger partial charge in [-0.2, -0.15) is 0 Å². The van der Waals surface area contributed by atoms with E-state index in [1.54, 1.807) is 29.9 Å². The second-order valence-electron chi connectivity index (χ2n) is 6.46. The van der Waals surface area contributed by atoms with Crippen molar-refractivity contribution in [2.24, 2.45) is 7.05 Å². The molecular weight excluding hydrogens is 430 g/mol. The molecular formula is C19H20BrN3O3S. The second kappa shape index (κ2) is 7.01. The first kappa shape index (κ1) is 19.4. The van der Waals surface area contributed by atoms with Crippen LogP contribution < -0.4 is 10.3 Å². The third-order valence-corrected chi connectivity index (χ3v) is 6.80. The molecule has 0 saturated carbocycles. The average Bonchev–Trinajstić information content (AvgIpc) is 2.81. The maximum absolute atomic E-state index is 12.7. The first-order valence-electron chi connectivity index (χ1n) is 8.26. The largest absolute Gasteiger partial charge is 0.285 e. The fraction of sp³-hybridized carbons (Fsp3) is 0.211. The van der Waals surface area contributed by atoms with E-state index in [2.05, 4.69) is 20.7 Å². The van der Waals surface area contributed by atoms with Crippen molar-refractivity contribution in [3.8, 4) is 5.69 Å². The van der Waals surface area contributed by atoms with Gasteiger partial charge in [0, 0.05) is 7.05 Å². The Balaban J connectivity index is 1.95. The highest BCUT2D eigenvalue weighted by Gasteiger charge is 2.17. The van der Waals surface area contributed by atoms with Crippen molar-refractivity contribution in [1.82, 2.24) is 9.36 Å². The fourth-order valence-corrected chi connectivity index (χ4v) is 4.42. The molecule has 1 N–H and O–H groups in total. The zero-order chi connectivity index (χ0) is 19.9. The van der Waals surface area contributed by atoms with Crippen molar-refractivity contribution < 1.29 is 8.42 Å². The Labute approximate surface area is 166 Å². The molecule has 1 heterocycles. The minimum atomic E-state index is -3.72. The van der Waals surface area contributed by atoms with E-state index in [0.717, 1.165) is 16.8 Å². The minimum Gasteiger partial charge on any atom is -0.284 e. The summed E-state index contributed by atoms with van der Waals surface area (Å²) in [6, 6.07) is 11.7. The van der Waals surface area contributed by atoms with Gasteiger partial charge in [-0.1, -0.05) is 17.7 Å². The Morgan fingerprint density at radius 1 is 1.00 bits per heavy atom. The Morgan fingerprint density at radius 2 is 1.63 bits per heavy atom. The molecule has 3 aromatic rings. The lowest BCUT2D eigenvalue weighted by Crippen LogP contribution is -2.20. The third-order valence-electron chi connectivity index (χ3n) is 4.50. The molecule has 2 aromatic carbocycles. The van der Waals surface area contributed by atoms with E-state index in [0.29, 0.717) is 15.8 Å². The standard InChI is InChI=1S/C19H20BrN3O3S/c1-12-5-10-17(13(2)11-12)21-27(25,26)16-8-6-15(7-9-16)23-19(24)18(20)14(3)22(23)4/h5-11,21H,1-4H3. The molecule has 0 spiro atoms. The van der Waals surface area contributed by atoms with Gasteiger partial charge in [0.05, 0.1) is 22.0 Å². The number of anilines is 1. The van der Waals surface area contributed by atoms with Crippen molar-refractivity contribution in [1.29, 1.82) is 0 Å². The topological polar surface area (TPSA) is 73.1 Å². The zero-order valence-corrected chi connectivity index (χ0v) is 17.8.